The molecule has 7 nitrogen and oxygen atoms in total. The standard InChI is InChI=1S/C26H32N2O5/c1-4-16(2)13-17(3)27-25(31)23(14-24(29)30)28-26(32)33-15-22-20-11-7-5-9-18(20)19-10-6-8-12-21(19)22/h5-12,16-17,22-23H,4,13-15H2,1-3H3,(H,27,31)(H,28,32)(H,29,30). The van der Waals surface area contributed by atoms with E-state index in [-0.39, 0.29) is 18.6 Å². The highest BCUT2D eigenvalue weighted by atomic mass is 16.5. The Morgan fingerprint density at radius 1 is 0.970 bits per heavy atom. The molecular weight excluding hydrogens is 420 g/mol. The van der Waals surface area contributed by atoms with E-state index in [9.17, 15) is 19.5 Å². The topological polar surface area (TPSA) is 105 Å². The van der Waals surface area contributed by atoms with Crippen LogP contribution in [0.3, 0.4) is 0 Å². The molecule has 33 heavy (non-hydrogen) atoms. The van der Waals surface area contributed by atoms with E-state index in [1.807, 2.05) is 55.5 Å². The largest absolute Gasteiger partial charge is 0.481 e. The fourth-order valence-corrected chi connectivity index (χ4v) is 4.34. The molecule has 0 saturated heterocycles. The van der Waals surface area contributed by atoms with Crippen LogP contribution in [-0.4, -0.2) is 41.8 Å². The number of hydrogen-bond donors (Lipinski definition) is 3. The first kappa shape index (κ1) is 24.3. The van der Waals surface area contributed by atoms with Gasteiger partial charge in [-0.25, -0.2) is 4.79 Å². The Labute approximate surface area is 194 Å². The zero-order chi connectivity index (χ0) is 24.0. The molecule has 3 unspecified atom stereocenters. The highest BCUT2D eigenvalue weighted by Gasteiger charge is 2.30. The van der Waals surface area contributed by atoms with Crippen molar-refractivity contribution in [2.24, 2.45) is 5.92 Å². The zero-order valence-electron chi connectivity index (χ0n) is 19.3. The summed E-state index contributed by atoms with van der Waals surface area (Å²) in [5, 5.41) is 14.5. The van der Waals surface area contributed by atoms with E-state index in [1.54, 1.807) is 0 Å². The second-order valence-corrected chi connectivity index (χ2v) is 8.78. The Bertz CT molecular complexity index is 960. The molecule has 1 aliphatic carbocycles. The monoisotopic (exact) mass is 452 g/mol. The number of carboxylic acid groups (broad SMARTS) is 1. The summed E-state index contributed by atoms with van der Waals surface area (Å²) in [6.07, 6.45) is 0.420. The molecule has 0 fully saturated rings. The van der Waals surface area contributed by atoms with Crippen molar-refractivity contribution in [3.8, 4) is 11.1 Å². The van der Waals surface area contributed by atoms with Gasteiger partial charge in [-0.2, -0.15) is 0 Å². The van der Waals surface area contributed by atoms with E-state index < -0.39 is 30.4 Å². The number of carboxylic acids is 1. The van der Waals surface area contributed by atoms with Crippen LogP contribution in [-0.2, 0) is 14.3 Å². The lowest BCUT2D eigenvalue weighted by Crippen LogP contribution is -2.50. The summed E-state index contributed by atoms with van der Waals surface area (Å²) in [4.78, 5) is 36.4. The van der Waals surface area contributed by atoms with Crippen LogP contribution in [0.1, 0.15) is 57.1 Å². The van der Waals surface area contributed by atoms with Crippen molar-refractivity contribution in [2.45, 2.75) is 58.0 Å². The summed E-state index contributed by atoms with van der Waals surface area (Å²) < 4.78 is 5.47. The molecule has 0 spiro atoms. The normalized spacial score (nSPS) is 15.0. The molecule has 0 saturated carbocycles. The minimum atomic E-state index is -1.21. The van der Waals surface area contributed by atoms with Crippen LogP contribution in [0.2, 0.25) is 0 Å². The van der Waals surface area contributed by atoms with E-state index in [0.717, 1.165) is 35.1 Å². The maximum Gasteiger partial charge on any atom is 0.407 e. The maximum absolute atomic E-state index is 12.6. The zero-order valence-corrected chi connectivity index (χ0v) is 19.3. The molecular formula is C26H32N2O5. The Kier molecular flexibility index (Phi) is 8.09. The summed E-state index contributed by atoms with van der Waals surface area (Å²) in [5.41, 5.74) is 4.37. The van der Waals surface area contributed by atoms with E-state index >= 15 is 0 Å². The van der Waals surface area contributed by atoms with Gasteiger partial charge in [0.15, 0.2) is 0 Å². The van der Waals surface area contributed by atoms with Crippen molar-refractivity contribution < 1.29 is 24.2 Å². The van der Waals surface area contributed by atoms with Gasteiger partial charge in [-0.05, 0) is 41.5 Å². The summed E-state index contributed by atoms with van der Waals surface area (Å²) in [5.74, 6) is -1.40. The van der Waals surface area contributed by atoms with Crippen LogP contribution in [0.4, 0.5) is 4.79 Å². The number of rotatable bonds is 10. The first-order chi connectivity index (χ1) is 15.8. The van der Waals surface area contributed by atoms with Crippen molar-refractivity contribution in [3.05, 3.63) is 59.7 Å². The van der Waals surface area contributed by atoms with Crippen LogP contribution >= 0.6 is 0 Å². The van der Waals surface area contributed by atoms with Gasteiger partial charge in [-0.15, -0.1) is 0 Å². The molecule has 2 aromatic carbocycles. The molecule has 0 heterocycles. The number of amides is 2. The van der Waals surface area contributed by atoms with Crippen LogP contribution in [0, 0.1) is 5.92 Å². The number of alkyl carbamates (subject to hydrolysis) is 1. The Hall–Kier alpha value is -3.35. The number of fused-ring (bicyclic) bond motifs is 3. The third kappa shape index (κ3) is 6.12. The maximum atomic E-state index is 12.6. The number of benzene rings is 2. The first-order valence-corrected chi connectivity index (χ1v) is 11.4. The SMILES string of the molecule is CCC(C)CC(C)NC(=O)C(CC(=O)O)NC(=O)OCC1c2ccccc2-c2ccccc21. The Balaban J connectivity index is 1.63. The van der Waals surface area contributed by atoms with E-state index in [2.05, 4.69) is 24.5 Å². The third-order valence-corrected chi connectivity index (χ3v) is 6.17. The van der Waals surface area contributed by atoms with E-state index in [0.29, 0.717) is 5.92 Å². The molecule has 3 rings (SSSR count). The fourth-order valence-electron chi connectivity index (χ4n) is 4.34. The second-order valence-electron chi connectivity index (χ2n) is 8.78. The molecule has 3 atom stereocenters. The Morgan fingerprint density at radius 3 is 2.09 bits per heavy atom. The number of carbonyl (C=O) groups excluding carboxylic acids is 2. The number of hydrogen-bond acceptors (Lipinski definition) is 4. The Morgan fingerprint density at radius 2 is 1.55 bits per heavy atom. The van der Waals surface area contributed by atoms with Gasteiger partial charge in [-0.1, -0.05) is 68.8 Å². The second kappa shape index (κ2) is 11.0. The lowest BCUT2D eigenvalue weighted by Gasteiger charge is -2.22. The van der Waals surface area contributed by atoms with Gasteiger partial charge in [0, 0.05) is 12.0 Å². The van der Waals surface area contributed by atoms with Crippen LogP contribution in [0.15, 0.2) is 48.5 Å². The van der Waals surface area contributed by atoms with Crippen molar-refractivity contribution in [2.75, 3.05) is 6.61 Å². The summed E-state index contributed by atoms with van der Waals surface area (Å²) in [6.45, 7) is 6.12. The lowest BCUT2D eigenvalue weighted by atomic mass is 9.98. The quantitative estimate of drug-likeness (QED) is 0.498. The minimum Gasteiger partial charge on any atom is -0.481 e. The number of aliphatic carboxylic acids is 1. The minimum absolute atomic E-state index is 0.0890. The van der Waals surface area contributed by atoms with Gasteiger partial charge in [0.05, 0.1) is 6.42 Å². The summed E-state index contributed by atoms with van der Waals surface area (Å²) >= 11 is 0. The molecule has 2 amide bonds. The van der Waals surface area contributed by atoms with Gasteiger partial charge < -0.3 is 20.5 Å². The molecule has 176 valence electrons. The number of carbonyl (C=O) groups is 3. The predicted octanol–water partition coefficient (Wildman–Crippen LogP) is 4.31. The van der Waals surface area contributed by atoms with Gasteiger partial charge in [0.25, 0.3) is 0 Å². The first-order valence-electron chi connectivity index (χ1n) is 11.4. The fraction of sp³-hybridized carbons (Fsp3) is 0.423. The van der Waals surface area contributed by atoms with Crippen molar-refractivity contribution in [1.29, 1.82) is 0 Å². The van der Waals surface area contributed by atoms with Crippen LogP contribution in [0.5, 0.6) is 0 Å². The van der Waals surface area contributed by atoms with Gasteiger partial charge in [-0.3, -0.25) is 9.59 Å². The molecule has 7 heteroatoms. The molecule has 2 aromatic rings. The third-order valence-electron chi connectivity index (χ3n) is 6.17. The van der Waals surface area contributed by atoms with Crippen LogP contribution < -0.4 is 10.6 Å². The molecule has 0 aliphatic heterocycles. The van der Waals surface area contributed by atoms with E-state index in [4.69, 9.17) is 4.74 Å². The van der Waals surface area contributed by atoms with Gasteiger partial charge in [0.2, 0.25) is 5.91 Å². The average molecular weight is 453 g/mol. The number of nitrogens with one attached hydrogen (secondary N) is 2. The van der Waals surface area contributed by atoms with Gasteiger partial charge in [0.1, 0.15) is 12.6 Å². The van der Waals surface area contributed by atoms with Gasteiger partial charge >= 0.3 is 12.1 Å². The molecule has 0 aromatic heterocycles. The predicted molar refractivity (Wildman–Crippen MR) is 126 cm³/mol. The van der Waals surface area contributed by atoms with E-state index in [1.165, 1.54) is 0 Å². The molecule has 0 bridgehead atoms. The smallest absolute Gasteiger partial charge is 0.407 e. The average Bonchev–Trinajstić information content (AvgIpc) is 3.10. The number of ether oxygens (including phenoxy) is 1. The van der Waals surface area contributed by atoms with Crippen molar-refractivity contribution in [3.63, 3.8) is 0 Å². The highest BCUT2D eigenvalue weighted by molar-refractivity contribution is 5.89. The highest BCUT2D eigenvalue weighted by Crippen LogP contribution is 2.44. The molecule has 1 aliphatic rings. The molecule has 0 radical (unpaired) electrons. The van der Waals surface area contributed by atoms with Crippen molar-refractivity contribution in [1.82, 2.24) is 10.6 Å². The van der Waals surface area contributed by atoms with Crippen molar-refractivity contribution >= 4 is 18.0 Å². The summed E-state index contributed by atoms with van der Waals surface area (Å²) in [7, 11) is 0. The lowest BCUT2D eigenvalue weighted by molar-refractivity contribution is -0.140. The summed E-state index contributed by atoms with van der Waals surface area (Å²) in [6, 6.07) is 14.6. The molecule has 3 N–H and O–H groups in total. The van der Waals surface area contributed by atoms with Crippen LogP contribution in [0.25, 0.3) is 11.1 Å².